The van der Waals surface area contributed by atoms with Gasteiger partial charge in [-0.2, -0.15) is 0 Å². The maximum Gasteiger partial charge on any atom is -0.0392 e. The third-order valence-corrected chi connectivity index (χ3v) is 19.8. The van der Waals surface area contributed by atoms with E-state index in [-0.39, 0.29) is 3.99 Å². The van der Waals surface area contributed by atoms with E-state index in [4.69, 9.17) is 4.74 Å². The Bertz CT molecular complexity index is 469. The van der Waals surface area contributed by atoms with E-state index < -0.39 is 18.4 Å². The summed E-state index contributed by atoms with van der Waals surface area (Å²) in [5, 5.41) is 0. The second-order valence-electron chi connectivity index (χ2n) is 7.60. The summed E-state index contributed by atoms with van der Waals surface area (Å²) < 4.78 is 9.01. The van der Waals surface area contributed by atoms with Crippen molar-refractivity contribution in [3.63, 3.8) is 0 Å². The molecule has 0 saturated heterocycles. The van der Waals surface area contributed by atoms with Crippen LogP contribution in [0.4, 0.5) is 4.79 Å². The van der Waals surface area contributed by atoms with Crippen LogP contribution in [0.25, 0.3) is 0 Å². The minimum Gasteiger partial charge on any atom is -0.0617 e. The van der Waals surface area contributed by atoms with Crippen LogP contribution in [-0.2, 0) is 4.74 Å². The van der Waals surface area contributed by atoms with Crippen LogP contribution in [-0.4, -0.2) is 29.5 Å². The Morgan fingerprint density at radius 2 is 1.23 bits per heavy atom. The molecular formula is C23H42O2Sn. The van der Waals surface area contributed by atoms with Crippen molar-refractivity contribution < 1.29 is 9.53 Å². The summed E-state index contributed by atoms with van der Waals surface area (Å²) in [5.41, 5.74) is 4.18. The van der Waals surface area contributed by atoms with Crippen molar-refractivity contribution in [3.8, 4) is 0 Å². The van der Waals surface area contributed by atoms with Gasteiger partial charge in [-0.3, -0.25) is 0 Å². The second kappa shape index (κ2) is 14.5. The van der Waals surface area contributed by atoms with Crippen LogP contribution in [0.2, 0.25) is 13.3 Å². The number of benzene rings is 1. The van der Waals surface area contributed by atoms with E-state index in [1.54, 1.807) is 7.11 Å². The third-order valence-electron chi connectivity index (χ3n) is 5.52. The number of hydrogen-bond donors (Lipinski definition) is 0. The van der Waals surface area contributed by atoms with Crippen LogP contribution >= 0.6 is 0 Å². The molecule has 0 fully saturated rings. The molecule has 0 bridgehead atoms. The van der Waals surface area contributed by atoms with E-state index in [0.29, 0.717) is 0 Å². The topological polar surface area (TPSA) is 26.3 Å². The SMILES string of the molecule is CCC[CH2][Sn]([CH2]CCC)([CH2]CCC)[C](=O)OC.Cc1cccc(C)c1C. The van der Waals surface area contributed by atoms with Crippen molar-refractivity contribution in [1.29, 1.82) is 0 Å². The van der Waals surface area contributed by atoms with Crippen LogP contribution < -0.4 is 0 Å². The molecule has 150 valence electrons. The first-order chi connectivity index (χ1) is 12.4. The van der Waals surface area contributed by atoms with Crippen LogP contribution in [0.5, 0.6) is 0 Å². The van der Waals surface area contributed by atoms with E-state index in [1.807, 2.05) is 0 Å². The normalized spacial score (nSPS) is 10.9. The van der Waals surface area contributed by atoms with Crippen molar-refractivity contribution in [2.45, 2.75) is 93.4 Å². The van der Waals surface area contributed by atoms with Gasteiger partial charge >= 0.3 is 112 Å². The average Bonchev–Trinajstić information content (AvgIpc) is 2.65. The van der Waals surface area contributed by atoms with Crippen molar-refractivity contribution in [2.24, 2.45) is 0 Å². The molecular weight excluding hydrogens is 427 g/mol. The van der Waals surface area contributed by atoms with Crippen molar-refractivity contribution in [1.82, 2.24) is 0 Å². The summed E-state index contributed by atoms with van der Waals surface area (Å²) in [6.07, 6.45) is 7.27. The Labute approximate surface area is 167 Å². The molecule has 2 nitrogen and oxygen atoms in total. The van der Waals surface area contributed by atoms with Crippen LogP contribution in [0.1, 0.15) is 76.0 Å². The summed E-state index contributed by atoms with van der Waals surface area (Å²) in [6.45, 7) is 13.1. The number of hydrogen-bond acceptors (Lipinski definition) is 2. The smallest absolute Gasteiger partial charge is 0.0392 e. The van der Waals surface area contributed by atoms with Crippen LogP contribution in [0.3, 0.4) is 0 Å². The molecule has 0 aliphatic rings. The third kappa shape index (κ3) is 8.92. The molecule has 0 aliphatic heterocycles. The molecule has 1 rings (SSSR count). The molecule has 0 N–H and O–H groups in total. The Morgan fingerprint density at radius 3 is 1.50 bits per heavy atom. The first-order valence-electron chi connectivity index (χ1n) is 10.5. The van der Waals surface area contributed by atoms with Gasteiger partial charge in [0.15, 0.2) is 0 Å². The van der Waals surface area contributed by atoms with Gasteiger partial charge in [-0.05, 0) is 37.5 Å². The van der Waals surface area contributed by atoms with Gasteiger partial charge in [-0.1, -0.05) is 18.2 Å². The molecule has 0 atom stereocenters. The summed E-state index contributed by atoms with van der Waals surface area (Å²) >= 11 is -2.66. The van der Waals surface area contributed by atoms with Crippen LogP contribution in [0.15, 0.2) is 18.2 Å². The molecule has 3 heteroatoms. The minimum atomic E-state index is -2.66. The number of methoxy groups -OCH3 is 1. The summed E-state index contributed by atoms with van der Waals surface area (Å²) in [4.78, 5) is 12.2. The van der Waals surface area contributed by atoms with E-state index in [2.05, 4.69) is 59.7 Å². The molecule has 1 aromatic rings. The van der Waals surface area contributed by atoms with Gasteiger partial charge in [0.25, 0.3) is 0 Å². The van der Waals surface area contributed by atoms with Gasteiger partial charge in [0.2, 0.25) is 0 Å². The van der Waals surface area contributed by atoms with Gasteiger partial charge in [-0.25, -0.2) is 0 Å². The monoisotopic (exact) mass is 470 g/mol. The van der Waals surface area contributed by atoms with Gasteiger partial charge in [-0.15, -0.1) is 0 Å². The Balaban J connectivity index is 0.000000577. The fraction of sp³-hybridized carbons (Fsp3) is 0.696. The first kappa shape index (κ1) is 25.5. The number of ether oxygens (including phenoxy) is 1. The summed E-state index contributed by atoms with van der Waals surface area (Å²) in [7, 11) is 1.58. The predicted octanol–water partition coefficient (Wildman–Crippen LogP) is 7.80. The molecule has 1 aromatic carbocycles. The Kier molecular flexibility index (Phi) is 14.2. The molecule has 0 radical (unpaired) electrons. The summed E-state index contributed by atoms with van der Waals surface area (Å²) in [5.74, 6) is 0. The van der Waals surface area contributed by atoms with Gasteiger partial charge in [0, 0.05) is 0 Å². The number of carbonyl (C=O) groups excluding carboxylic acids is 1. The van der Waals surface area contributed by atoms with Crippen molar-refractivity contribution in [2.75, 3.05) is 7.11 Å². The number of unbranched alkanes of at least 4 members (excludes halogenated alkanes) is 3. The molecule has 0 amide bonds. The predicted molar refractivity (Wildman–Crippen MR) is 118 cm³/mol. The summed E-state index contributed by atoms with van der Waals surface area (Å²) in [6, 6.07) is 6.38. The number of carbonyl (C=O) groups is 1. The van der Waals surface area contributed by atoms with Gasteiger partial charge in [0.1, 0.15) is 0 Å². The fourth-order valence-electron chi connectivity index (χ4n) is 3.34. The first-order valence-corrected chi connectivity index (χ1v) is 18.0. The zero-order valence-corrected chi connectivity index (χ0v) is 21.3. The Morgan fingerprint density at radius 1 is 0.846 bits per heavy atom. The van der Waals surface area contributed by atoms with E-state index in [1.165, 1.54) is 68.5 Å². The maximum atomic E-state index is 12.2. The largest absolute Gasteiger partial charge is 0.0617 e. The Hall–Kier alpha value is -0.511. The minimum absolute atomic E-state index is 0.231. The molecule has 0 saturated carbocycles. The number of rotatable bonds is 10. The average molecular weight is 469 g/mol. The zero-order valence-electron chi connectivity index (χ0n) is 18.4. The molecule has 0 heterocycles. The van der Waals surface area contributed by atoms with Gasteiger partial charge in [0.05, 0.1) is 0 Å². The van der Waals surface area contributed by atoms with Crippen LogP contribution in [0, 0.1) is 20.8 Å². The fourth-order valence-corrected chi connectivity index (χ4v) is 17.3. The molecule has 26 heavy (non-hydrogen) atoms. The number of aryl methyl sites for hydroxylation is 2. The molecule has 0 aliphatic carbocycles. The van der Waals surface area contributed by atoms with Crippen molar-refractivity contribution in [3.05, 3.63) is 34.9 Å². The second-order valence-corrected chi connectivity index (χ2v) is 20.4. The molecule has 0 spiro atoms. The van der Waals surface area contributed by atoms with E-state index in [9.17, 15) is 4.79 Å². The molecule has 0 aromatic heterocycles. The molecule has 0 unspecified atom stereocenters. The maximum absolute atomic E-state index is 12.2. The van der Waals surface area contributed by atoms with Gasteiger partial charge < -0.3 is 0 Å². The zero-order chi connectivity index (χ0) is 20.0. The standard InChI is InChI=1S/C9H12.3C4H9.C2H3O2.Sn/c1-7-5-4-6-8(2)9(7)3;3*1-3-4-2;1-4-2-3;/h4-6H,1-3H3;3*1,3-4H2,2H3;1H3;. The quantitative estimate of drug-likeness (QED) is 0.327. The van der Waals surface area contributed by atoms with E-state index >= 15 is 0 Å². The van der Waals surface area contributed by atoms with E-state index in [0.717, 1.165) is 0 Å². The van der Waals surface area contributed by atoms with Crippen molar-refractivity contribution >= 4 is 22.4 Å².